The largest absolute Gasteiger partial charge is 0.444 e. The summed E-state index contributed by atoms with van der Waals surface area (Å²) in [6, 6.07) is 4.24. The molecule has 1 aliphatic rings. The molecule has 1 heterocycles. The first kappa shape index (κ1) is 14.4. The summed E-state index contributed by atoms with van der Waals surface area (Å²) in [7, 11) is 0. The Morgan fingerprint density at radius 3 is 2.68 bits per heavy atom. The molecule has 19 heavy (non-hydrogen) atoms. The zero-order valence-corrected chi connectivity index (χ0v) is 13.5. The van der Waals surface area contributed by atoms with Crippen LogP contribution in [-0.4, -0.2) is 23.1 Å². The third kappa shape index (κ3) is 3.50. The Bertz CT molecular complexity index is 506. The van der Waals surface area contributed by atoms with E-state index in [1.807, 2.05) is 20.8 Å². The molecule has 0 bridgehead atoms. The van der Waals surface area contributed by atoms with E-state index in [-0.39, 0.29) is 6.09 Å². The summed E-state index contributed by atoms with van der Waals surface area (Å²) in [4.78, 5) is 13.9. The minimum Gasteiger partial charge on any atom is -0.444 e. The van der Waals surface area contributed by atoms with Crippen LogP contribution in [0, 0.1) is 6.92 Å². The Balaban J connectivity index is 2.16. The zero-order chi connectivity index (χ0) is 14.2. The van der Waals surface area contributed by atoms with Crippen LogP contribution in [0.15, 0.2) is 16.6 Å². The molecule has 0 spiro atoms. The smallest absolute Gasteiger partial charge is 0.410 e. The number of aryl methyl sites for hydroxylation is 1. The van der Waals surface area contributed by atoms with Crippen molar-refractivity contribution in [3.05, 3.63) is 33.3 Å². The molecule has 0 saturated carbocycles. The molecule has 4 heteroatoms. The average molecular weight is 326 g/mol. The molecule has 0 aliphatic carbocycles. The predicted molar refractivity (Wildman–Crippen MR) is 79.2 cm³/mol. The highest BCUT2D eigenvalue weighted by molar-refractivity contribution is 9.10. The van der Waals surface area contributed by atoms with Gasteiger partial charge in [-0.1, -0.05) is 15.9 Å². The van der Waals surface area contributed by atoms with Gasteiger partial charge in [0.05, 0.1) is 0 Å². The van der Waals surface area contributed by atoms with Crippen LogP contribution in [0.5, 0.6) is 0 Å². The number of halogens is 1. The molecular weight excluding hydrogens is 306 g/mol. The monoisotopic (exact) mass is 325 g/mol. The van der Waals surface area contributed by atoms with Crippen LogP contribution in [0.3, 0.4) is 0 Å². The molecule has 0 atom stereocenters. The first-order valence-electron chi connectivity index (χ1n) is 6.52. The highest BCUT2D eigenvalue weighted by atomic mass is 79.9. The Morgan fingerprint density at radius 2 is 2.05 bits per heavy atom. The summed E-state index contributed by atoms with van der Waals surface area (Å²) in [6.07, 6.45) is 0.662. The lowest BCUT2D eigenvalue weighted by atomic mass is 9.96. The summed E-state index contributed by atoms with van der Waals surface area (Å²) in [5.74, 6) is 0. The fourth-order valence-corrected chi connectivity index (χ4v) is 2.92. The van der Waals surface area contributed by atoms with Crippen LogP contribution < -0.4 is 0 Å². The van der Waals surface area contributed by atoms with Gasteiger partial charge in [-0.2, -0.15) is 0 Å². The maximum atomic E-state index is 12.1. The molecular formula is C15H20BrNO2. The van der Waals surface area contributed by atoms with E-state index in [2.05, 4.69) is 35.0 Å². The second-order valence-electron chi connectivity index (χ2n) is 6.01. The SMILES string of the molecule is Cc1cc(Br)cc2c1CN(C(=O)OC(C)(C)C)CC2. The van der Waals surface area contributed by atoms with Crippen LogP contribution >= 0.6 is 15.9 Å². The molecule has 0 radical (unpaired) electrons. The van der Waals surface area contributed by atoms with Gasteiger partial charge in [-0.25, -0.2) is 4.79 Å². The number of fused-ring (bicyclic) bond motifs is 1. The summed E-state index contributed by atoms with van der Waals surface area (Å²) < 4.78 is 6.54. The van der Waals surface area contributed by atoms with Gasteiger partial charge in [0.25, 0.3) is 0 Å². The van der Waals surface area contributed by atoms with Crippen LogP contribution in [0.2, 0.25) is 0 Å². The molecule has 0 saturated heterocycles. The molecule has 1 aromatic carbocycles. The Hall–Kier alpha value is -1.03. The summed E-state index contributed by atoms with van der Waals surface area (Å²) in [5.41, 5.74) is 3.36. The minimum atomic E-state index is -0.438. The van der Waals surface area contributed by atoms with Crippen molar-refractivity contribution in [2.45, 2.75) is 46.3 Å². The van der Waals surface area contributed by atoms with Crippen LogP contribution in [0.25, 0.3) is 0 Å². The van der Waals surface area contributed by atoms with E-state index < -0.39 is 5.60 Å². The number of carbonyl (C=O) groups excluding carboxylic acids is 1. The fraction of sp³-hybridized carbons (Fsp3) is 0.533. The second kappa shape index (κ2) is 5.16. The molecule has 2 rings (SSSR count). The van der Waals surface area contributed by atoms with Gasteiger partial charge in [0.15, 0.2) is 0 Å². The molecule has 1 aliphatic heterocycles. The van der Waals surface area contributed by atoms with Crippen molar-refractivity contribution in [1.82, 2.24) is 4.90 Å². The van der Waals surface area contributed by atoms with Gasteiger partial charge >= 0.3 is 6.09 Å². The van der Waals surface area contributed by atoms with E-state index in [4.69, 9.17) is 4.74 Å². The highest BCUT2D eigenvalue weighted by Crippen LogP contribution is 2.27. The Kier molecular flexibility index (Phi) is 3.90. The van der Waals surface area contributed by atoms with Crippen LogP contribution in [-0.2, 0) is 17.7 Å². The maximum Gasteiger partial charge on any atom is 0.410 e. The first-order chi connectivity index (χ1) is 8.76. The van der Waals surface area contributed by atoms with E-state index in [0.29, 0.717) is 6.54 Å². The molecule has 1 amide bonds. The number of carbonyl (C=O) groups is 1. The Morgan fingerprint density at radius 1 is 1.37 bits per heavy atom. The third-order valence-corrected chi connectivity index (χ3v) is 3.64. The molecule has 0 N–H and O–H groups in total. The summed E-state index contributed by atoms with van der Waals surface area (Å²) >= 11 is 3.52. The minimum absolute atomic E-state index is 0.222. The fourth-order valence-electron chi connectivity index (χ4n) is 2.30. The molecule has 104 valence electrons. The van der Waals surface area contributed by atoms with Crippen molar-refractivity contribution in [1.29, 1.82) is 0 Å². The van der Waals surface area contributed by atoms with Crippen molar-refractivity contribution >= 4 is 22.0 Å². The van der Waals surface area contributed by atoms with Gasteiger partial charge in [0.2, 0.25) is 0 Å². The standard InChI is InChI=1S/C15H20BrNO2/c1-10-7-12(16)8-11-5-6-17(9-13(10)11)14(18)19-15(2,3)4/h7-8H,5-6,9H2,1-4H3. The summed E-state index contributed by atoms with van der Waals surface area (Å²) in [5, 5.41) is 0. The highest BCUT2D eigenvalue weighted by Gasteiger charge is 2.26. The topological polar surface area (TPSA) is 29.5 Å². The van der Waals surface area contributed by atoms with Crippen molar-refractivity contribution in [3.63, 3.8) is 0 Å². The van der Waals surface area contributed by atoms with Crippen molar-refractivity contribution in [2.24, 2.45) is 0 Å². The molecule has 0 fully saturated rings. The van der Waals surface area contributed by atoms with E-state index >= 15 is 0 Å². The number of ether oxygens (including phenoxy) is 1. The predicted octanol–water partition coefficient (Wildman–Crippen LogP) is 4.05. The molecule has 0 unspecified atom stereocenters. The van der Waals surface area contributed by atoms with Crippen LogP contribution in [0.4, 0.5) is 4.79 Å². The lowest BCUT2D eigenvalue weighted by molar-refractivity contribution is 0.0223. The Labute approximate surface area is 123 Å². The lowest BCUT2D eigenvalue weighted by Crippen LogP contribution is -2.40. The van der Waals surface area contributed by atoms with Gasteiger partial charge in [0.1, 0.15) is 5.60 Å². The van der Waals surface area contributed by atoms with Crippen LogP contribution in [0.1, 0.15) is 37.5 Å². The number of hydrogen-bond acceptors (Lipinski definition) is 2. The second-order valence-corrected chi connectivity index (χ2v) is 6.93. The number of hydrogen-bond donors (Lipinski definition) is 0. The molecule has 3 nitrogen and oxygen atoms in total. The number of amides is 1. The zero-order valence-electron chi connectivity index (χ0n) is 11.9. The van der Waals surface area contributed by atoms with Crippen molar-refractivity contribution < 1.29 is 9.53 Å². The molecule has 0 aromatic heterocycles. The third-order valence-electron chi connectivity index (χ3n) is 3.18. The van der Waals surface area contributed by atoms with Crippen molar-refractivity contribution in [3.8, 4) is 0 Å². The van der Waals surface area contributed by atoms with Gasteiger partial charge in [-0.05, 0) is 62.9 Å². The summed E-state index contributed by atoms with van der Waals surface area (Å²) in [6.45, 7) is 9.13. The lowest BCUT2D eigenvalue weighted by Gasteiger charge is -2.32. The van der Waals surface area contributed by atoms with E-state index in [9.17, 15) is 4.79 Å². The van der Waals surface area contributed by atoms with E-state index in [0.717, 1.165) is 17.4 Å². The average Bonchev–Trinajstić information content (AvgIpc) is 2.25. The van der Waals surface area contributed by atoms with E-state index in [1.165, 1.54) is 16.7 Å². The van der Waals surface area contributed by atoms with Crippen molar-refractivity contribution in [2.75, 3.05) is 6.54 Å². The first-order valence-corrected chi connectivity index (χ1v) is 7.31. The normalized spacial score (nSPS) is 15.1. The van der Waals surface area contributed by atoms with Gasteiger partial charge in [-0.3, -0.25) is 0 Å². The quantitative estimate of drug-likeness (QED) is 0.720. The molecule has 1 aromatic rings. The van der Waals surface area contributed by atoms with Gasteiger partial charge in [0, 0.05) is 17.6 Å². The van der Waals surface area contributed by atoms with E-state index in [1.54, 1.807) is 4.90 Å². The number of benzene rings is 1. The maximum absolute atomic E-state index is 12.1. The number of nitrogens with zero attached hydrogens (tertiary/aromatic N) is 1. The van der Waals surface area contributed by atoms with Gasteiger partial charge < -0.3 is 9.64 Å². The number of rotatable bonds is 0. The van der Waals surface area contributed by atoms with Gasteiger partial charge in [-0.15, -0.1) is 0 Å².